The van der Waals surface area contributed by atoms with Crippen LogP contribution in [-0.4, -0.2) is 44.8 Å². The van der Waals surface area contributed by atoms with Gasteiger partial charge in [-0.3, -0.25) is 24.5 Å². The van der Waals surface area contributed by atoms with E-state index < -0.39 is 6.04 Å². The molecule has 0 spiro atoms. The molecule has 7 nitrogen and oxygen atoms in total. The number of nitrogens with zero attached hydrogens (tertiary/aromatic N) is 4. The number of hydrogen-bond donors (Lipinski definition) is 1. The molecule has 2 rings (SSSR count). The van der Waals surface area contributed by atoms with Crippen LogP contribution in [0.3, 0.4) is 0 Å². The molecule has 1 unspecified atom stereocenters. The van der Waals surface area contributed by atoms with Crippen molar-refractivity contribution in [1.82, 2.24) is 25.2 Å². The molecule has 1 aromatic rings. The lowest BCUT2D eigenvalue weighted by Gasteiger charge is -2.09. The molecule has 1 aliphatic rings. The SMILES string of the molecule is CN1C(=O)CC(NCc2cn(C)nn2)C1=O. The summed E-state index contributed by atoms with van der Waals surface area (Å²) in [7, 11) is 3.27. The molecule has 86 valence electrons. The van der Waals surface area contributed by atoms with Gasteiger partial charge in [-0.05, 0) is 0 Å². The topological polar surface area (TPSA) is 80.1 Å². The Morgan fingerprint density at radius 1 is 1.50 bits per heavy atom. The molecule has 1 aromatic heterocycles. The van der Waals surface area contributed by atoms with Gasteiger partial charge >= 0.3 is 0 Å². The highest BCUT2D eigenvalue weighted by Crippen LogP contribution is 2.10. The lowest BCUT2D eigenvalue weighted by Crippen LogP contribution is -2.36. The Kier molecular flexibility index (Phi) is 2.69. The highest BCUT2D eigenvalue weighted by Gasteiger charge is 2.35. The number of likely N-dealkylation sites (tertiary alicyclic amines) is 1. The quantitative estimate of drug-likeness (QED) is 0.642. The lowest BCUT2D eigenvalue weighted by molar-refractivity contribution is -0.137. The van der Waals surface area contributed by atoms with Gasteiger partial charge in [-0.25, -0.2) is 0 Å². The minimum absolute atomic E-state index is 0.151. The summed E-state index contributed by atoms with van der Waals surface area (Å²) in [5.41, 5.74) is 0.748. The van der Waals surface area contributed by atoms with Crippen LogP contribution in [0, 0.1) is 0 Å². The van der Waals surface area contributed by atoms with E-state index in [-0.39, 0.29) is 18.2 Å². The van der Waals surface area contributed by atoms with E-state index in [2.05, 4.69) is 15.6 Å². The fraction of sp³-hybridized carbons (Fsp3) is 0.556. The van der Waals surface area contributed by atoms with E-state index in [1.807, 2.05) is 0 Å². The monoisotopic (exact) mass is 223 g/mol. The summed E-state index contributed by atoms with van der Waals surface area (Å²) >= 11 is 0. The van der Waals surface area contributed by atoms with Crippen molar-refractivity contribution in [3.05, 3.63) is 11.9 Å². The second-order valence-electron chi connectivity index (χ2n) is 3.81. The number of rotatable bonds is 3. The van der Waals surface area contributed by atoms with Crippen LogP contribution in [0.5, 0.6) is 0 Å². The fourth-order valence-corrected chi connectivity index (χ4v) is 1.62. The van der Waals surface area contributed by atoms with Gasteiger partial charge < -0.3 is 0 Å². The molecule has 1 aliphatic heterocycles. The average molecular weight is 223 g/mol. The van der Waals surface area contributed by atoms with Gasteiger partial charge in [-0.1, -0.05) is 5.21 Å². The minimum atomic E-state index is -0.431. The normalized spacial score (nSPS) is 20.9. The van der Waals surface area contributed by atoms with Crippen molar-refractivity contribution in [3.8, 4) is 0 Å². The molecule has 7 heteroatoms. The lowest BCUT2D eigenvalue weighted by atomic mass is 10.2. The van der Waals surface area contributed by atoms with Crippen LogP contribution < -0.4 is 5.32 Å². The van der Waals surface area contributed by atoms with Crippen molar-refractivity contribution in [2.75, 3.05) is 7.05 Å². The number of hydrogen-bond acceptors (Lipinski definition) is 5. The number of imide groups is 1. The maximum absolute atomic E-state index is 11.5. The number of carbonyl (C=O) groups excluding carboxylic acids is 2. The van der Waals surface area contributed by atoms with Gasteiger partial charge in [0.05, 0.1) is 18.2 Å². The molecule has 0 aliphatic carbocycles. The number of likely N-dealkylation sites (N-methyl/N-ethyl adjacent to an activating group) is 1. The number of amides is 2. The third kappa shape index (κ3) is 1.94. The van der Waals surface area contributed by atoms with E-state index in [4.69, 9.17) is 0 Å². The first-order chi connectivity index (χ1) is 7.58. The van der Waals surface area contributed by atoms with E-state index in [0.29, 0.717) is 6.54 Å². The fourth-order valence-electron chi connectivity index (χ4n) is 1.62. The van der Waals surface area contributed by atoms with Crippen molar-refractivity contribution in [2.45, 2.75) is 19.0 Å². The molecule has 16 heavy (non-hydrogen) atoms. The van der Waals surface area contributed by atoms with E-state index >= 15 is 0 Å². The van der Waals surface area contributed by atoms with Crippen LogP contribution in [0.15, 0.2) is 6.20 Å². The molecule has 2 amide bonds. The smallest absolute Gasteiger partial charge is 0.246 e. The maximum Gasteiger partial charge on any atom is 0.246 e. The van der Waals surface area contributed by atoms with Crippen molar-refractivity contribution in [3.63, 3.8) is 0 Å². The summed E-state index contributed by atoms with van der Waals surface area (Å²) in [5, 5.41) is 10.6. The minimum Gasteiger partial charge on any atom is -0.300 e. The van der Waals surface area contributed by atoms with Gasteiger partial charge in [0.25, 0.3) is 0 Å². The summed E-state index contributed by atoms with van der Waals surface area (Å²) in [5.74, 6) is -0.337. The summed E-state index contributed by atoms with van der Waals surface area (Å²) in [6.45, 7) is 0.436. The van der Waals surface area contributed by atoms with Gasteiger partial charge in [0, 0.05) is 26.8 Å². The van der Waals surface area contributed by atoms with E-state index in [9.17, 15) is 9.59 Å². The Labute approximate surface area is 92.4 Å². The average Bonchev–Trinajstić information content (AvgIpc) is 2.76. The molecule has 1 atom stereocenters. The molecular formula is C9H13N5O2. The van der Waals surface area contributed by atoms with E-state index in [0.717, 1.165) is 10.6 Å². The van der Waals surface area contributed by atoms with Gasteiger partial charge in [0.2, 0.25) is 11.8 Å². The van der Waals surface area contributed by atoms with Crippen molar-refractivity contribution >= 4 is 11.8 Å². The predicted octanol–water partition coefficient (Wildman–Crippen LogP) is -1.34. The summed E-state index contributed by atoms with van der Waals surface area (Å²) in [6.07, 6.45) is 1.98. The zero-order valence-electron chi connectivity index (χ0n) is 9.17. The van der Waals surface area contributed by atoms with Crippen LogP contribution in [0.1, 0.15) is 12.1 Å². The van der Waals surface area contributed by atoms with Gasteiger partial charge in [0.15, 0.2) is 0 Å². The van der Waals surface area contributed by atoms with Crippen molar-refractivity contribution < 1.29 is 9.59 Å². The number of nitrogens with one attached hydrogen (secondary N) is 1. The number of aryl methyl sites for hydroxylation is 1. The molecule has 0 saturated carbocycles. The first kappa shape index (κ1) is 10.7. The van der Waals surface area contributed by atoms with Crippen LogP contribution >= 0.6 is 0 Å². The van der Waals surface area contributed by atoms with E-state index in [1.165, 1.54) is 7.05 Å². The Balaban J connectivity index is 1.92. The Hall–Kier alpha value is -1.76. The molecule has 2 heterocycles. The predicted molar refractivity (Wildman–Crippen MR) is 54.0 cm³/mol. The summed E-state index contributed by atoms with van der Waals surface area (Å²) in [4.78, 5) is 23.9. The van der Waals surface area contributed by atoms with Gasteiger partial charge in [0.1, 0.15) is 0 Å². The molecule has 0 radical (unpaired) electrons. The number of aromatic nitrogens is 3. The Morgan fingerprint density at radius 3 is 2.75 bits per heavy atom. The van der Waals surface area contributed by atoms with Crippen molar-refractivity contribution in [2.24, 2.45) is 7.05 Å². The molecule has 0 aromatic carbocycles. The zero-order chi connectivity index (χ0) is 11.7. The molecule has 1 saturated heterocycles. The largest absolute Gasteiger partial charge is 0.300 e. The zero-order valence-corrected chi connectivity index (χ0v) is 9.17. The highest BCUT2D eigenvalue weighted by molar-refractivity contribution is 6.05. The van der Waals surface area contributed by atoms with E-state index in [1.54, 1.807) is 17.9 Å². The van der Waals surface area contributed by atoms with Crippen molar-refractivity contribution in [1.29, 1.82) is 0 Å². The van der Waals surface area contributed by atoms with Crippen LogP contribution in [0.4, 0.5) is 0 Å². The standard InChI is InChI=1S/C9H13N5O2/c1-13-5-6(11-12-13)4-10-7-3-8(15)14(2)9(7)16/h5,7,10H,3-4H2,1-2H3. The van der Waals surface area contributed by atoms with Crippen LogP contribution in [0.25, 0.3) is 0 Å². The van der Waals surface area contributed by atoms with Gasteiger partial charge in [-0.2, -0.15) is 0 Å². The third-order valence-corrected chi connectivity index (χ3v) is 2.56. The van der Waals surface area contributed by atoms with Crippen LogP contribution in [0.2, 0.25) is 0 Å². The molecule has 0 bridgehead atoms. The molecular weight excluding hydrogens is 210 g/mol. The second kappa shape index (κ2) is 4.01. The Bertz CT molecular complexity index is 427. The first-order valence-electron chi connectivity index (χ1n) is 4.97. The summed E-state index contributed by atoms with van der Waals surface area (Å²) in [6, 6.07) is -0.431. The maximum atomic E-state index is 11.5. The molecule has 1 fully saturated rings. The van der Waals surface area contributed by atoms with Crippen LogP contribution in [-0.2, 0) is 23.2 Å². The number of carbonyl (C=O) groups is 2. The molecule has 1 N–H and O–H groups in total. The highest BCUT2D eigenvalue weighted by atomic mass is 16.2. The third-order valence-electron chi connectivity index (χ3n) is 2.56. The second-order valence-corrected chi connectivity index (χ2v) is 3.81. The Morgan fingerprint density at radius 2 is 2.25 bits per heavy atom. The van der Waals surface area contributed by atoms with Gasteiger partial charge in [-0.15, -0.1) is 5.10 Å². The first-order valence-corrected chi connectivity index (χ1v) is 4.97. The summed E-state index contributed by atoms with van der Waals surface area (Å²) < 4.78 is 1.59.